The van der Waals surface area contributed by atoms with Crippen LogP contribution in [-0.2, 0) is 6.54 Å². The zero-order valence-corrected chi connectivity index (χ0v) is 22.4. The first-order valence-corrected chi connectivity index (χ1v) is 11.4. The number of amides is 1. The van der Waals surface area contributed by atoms with Gasteiger partial charge in [0, 0.05) is 50.9 Å². The van der Waals surface area contributed by atoms with Gasteiger partial charge >= 0.3 is 0 Å². The summed E-state index contributed by atoms with van der Waals surface area (Å²) < 4.78 is 5.17. The quantitative estimate of drug-likeness (QED) is 0.489. The average Bonchev–Trinajstić information content (AvgIpc) is 2.77. The van der Waals surface area contributed by atoms with Crippen LogP contribution < -0.4 is 10.1 Å². The maximum atomic E-state index is 12.7. The molecule has 2 aromatic carbocycles. The number of halogens is 4. The first-order valence-electron chi connectivity index (χ1n) is 10.7. The maximum absolute atomic E-state index is 12.7. The van der Waals surface area contributed by atoms with Crippen LogP contribution in [-0.4, -0.2) is 61.6 Å². The van der Waals surface area contributed by atoms with E-state index < -0.39 is 0 Å². The molecule has 1 amide bonds. The summed E-state index contributed by atoms with van der Waals surface area (Å²) in [6.07, 6.45) is 0. The van der Waals surface area contributed by atoms with E-state index in [2.05, 4.69) is 29.0 Å². The minimum Gasteiger partial charge on any atom is -0.497 e. The summed E-state index contributed by atoms with van der Waals surface area (Å²) in [4.78, 5) is 17.6. The van der Waals surface area contributed by atoms with E-state index in [1.54, 1.807) is 19.2 Å². The van der Waals surface area contributed by atoms with Gasteiger partial charge in [0.1, 0.15) is 5.75 Å². The Morgan fingerprint density at radius 2 is 1.58 bits per heavy atom. The van der Waals surface area contributed by atoms with Crippen molar-refractivity contribution >= 4 is 53.9 Å². The number of carbonyl (C=O) groups is 1. The number of methoxy groups -OCH3 is 1. The molecule has 1 aliphatic heterocycles. The molecule has 0 aliphatic carbocycles. The zero-order chi connectivity index (χ0) is 22.4. The largest absolute Gasteiger partial charge is 0.497 e. The number of rotatable bonds is 8. The molecule has 184 valence electrons. The third-order valence-corrected chi connectivity index (χ3v) is 6.52. The highest BCUT2D eigenvalue weighted by atomic mass is 35.5. The van der Waals surface area contributed by atoms with Crippen molar-refractivity contribution in [3.05, 3.63) is 63.6 Å². The van der Waals surface area contributed by atoms with E-state index in [1.807, 2.05) is 30.3 Å². The monoisotopic (exact) mass is 535 g/mol. The standard InChI is InChI=1S/C24H31Cl2N3O2.2ClH/c1-17(2)23(27-24(30)19-5-7-20(31-3)8-6-19)16-29-12-10-28(11-13-29)15-18-4-9-21(25)22(26)14-18;;/h4-9,14,17,23H,10-13,15-16H2,1-3H3,(H,27,30);2*1H/t23-;;/m1../s1. The van der Waals surface area contributed by atoms with Gasteiger partial charge in [-0.3, -0.25) is 14.6 Å². The van der Waals surface area contributed by atoms with Gasteiger partial charge in [-0.15, -0.1) is 24.8 Å². The van der Waals surface area contributed by atoms with Gasteiger partial charge in [0.05, 0.1) is 17.2 Å². The second kappa shape index (κ2) is 14.2. The van der Waals surface area contributed by atoms with E-state index >= 15 is 0 Å². The average molecular weight is 537 g/mol. The molecular formula is C24H33Cl4N3O2. The minimum absolute atomic E-state index is 0. The van der Waals surface area contributed by atoms with E-state index in [-0.39, 0.29) is 36.8 Å². The summed E-state index contributed by atoms with van der Waals surface area (Å²) in [7, 11) is 1.62. The third kappa shape index (κ3) is 8.82. The molecule has 1 aliphatic rings. The van der Waals surface area contributed by atoms with Gasteiger partial charge in [-0.05, 0) is 47.9 Å². The molecule has 1 N–H and O–H groups in total. The smallest absolute Gasteiger partial charge is 0.251 e. The Morgan fingerprint density at radius 3 is 2.12 bits per heavy atom. The van der Waals surface area contributed by atoms with Crippen molar-refractivity contribution in [1.82, 2.24) is 15.1 Å². The Bertz CT molecular complexity index is 873. The van der Waals surface area contributed by atoms with Gasteiger partial charge in [-0.2, -0.15) is 0 Å². The Balaban J connectivity index is 0.00000272. The minimum atomic E-state index is -0.0420. The van der Waals surface area contributed by atoms with Crippen molar-refractivity contribution in [2.45, 2.75) is 26.4 Å². The fraction of sp³-hybridized carbons (Fsp3) is 0.458. The molecule has 3 rings (SSSR count). The Hall–Kier alpha value is -1.21. The van der Waals surface area contributed by atoms with Crippen LogP contribution in [0, 0.1) is 5.92 Å². The fourth-order valence-corrected chi connectivity index (χ4v) is 4.04. The molecule has 1 heterocycles. The molecule has 0 saturated carbocycles. The number of hydrogen-bond acceptors (Lipinski definition) is 4. The summed E-state index contributed by atoms with van der Waals surface area (Å²) in [5.41, 5.74) is 1.83. The molecule has 1 saturated heterocycles. The lowest BCUT2D eigenvalue weighted by atomic mass is 10.0. The van der Waals surface area contributed by atoms with Crippen LogP contribution in [0.4, 0.5) is 0 Å². The summed E-state index contributed by atoms with van der Waals surface area (Å²) >= 11 is 12.2. The van der Waals surface area contributed by atoms with Crippen molar-refractivity contribution in [3.8, 4) is 5.75 Å². The van der Waals surface area contributed by atoms with Gasteiger partial charge in [0.2, 0.25) is 0 Å². The van der Waals surface area contributed by atoms with Gasteiger partial charge in [0.15, 0.2) is 0 Å². The summed E-state index contributed by atoms with van der Waals surface area (Å²) in [5, 5.41) is 4.41. The predicted octanol–water partition coefficient (Wildman–Crippen LogP) is 5.42. The first-order chi connectivity index (χ1) is 14.9. The molecule has 0 radical (unpaired) electrons. The van der Waals surface area contributed by atoms with Gasteiger partial charge < -0.3 is 10.1 Å². The van der Waals surface area contributed by atoms with Crippen LogP contribution in [0.2, 0.25) is 10.0 Å². The van der Waals surface area contributed by atoms with Crippen molar-refractivity contribution in [1.29, 1.82) is 0 Å². The summed E-state index contributed by atoms with van der Waals surface area (Å²) in [5.74, 6) is 1.05. The van der Waals surface area contributed by atoms with Crippen molar-refractivity contribution < 1.29 is 9.53 Å². The van der Waals surface area contributed by atoms with Crippen molar-refractivity contribution in [3.63, 3.8) is 0 Å². The lowest BCUT2D eigenvalue weighted by Crippen LogP contribution is -2.52. The number of piperazine rings is 1. The molecule has 0 spiro atoms. The normalized spacial score (nSPS) is 15.3. The second-order valence-electron chi connectivity index (χ2n) is 8.38. The molecule has 0 bridgehead atoms. The molecular weight excluding hydrogens is 504 g/mol. The lowest BCUT2D eigenvalue weighted by Gasteiger charge is -2.37. The molecule has 9 heteroatoms. The fourth-order valence-electron chi connectivity index (χ4n) is 3.72. The van der Waals surface area contributed by atoms with Crippen LogP contribution in [0.25, 0.3) is 0 Å². The van der Waals surface area contributed by atoms with E-state index in [9.17, 15) is 4.79 Å². The third-order valence-electron chi connectivity index (χ3n) is 5.78. The zero-order valence-electron chi connectivity index (χ0n) is 19.2. The number of benzene rings is 2. The lowest BCUT2D eigenvalue weighted by molar-refractivity contribution is 0.0862. The maximum Gasteiger partial charge on any atom is 0.251 e. The van der Waals surface area contributed by atoms with Crippen LogP contribution >= 0.6 is 48.0 Å². The SMILES string of the molecule is COc1ccc(C(=O)N[C@H](CN2CCN(Cc3ccc(Cl)c(Cl)c3)CC2)C(C)C)cc1.Cl.Cl. The van der Waals surface area contributed by atoms with Gasteiger partial charge in [-0.1, -0.05) is 43.1 Å². The van der Waals surface area contributed by atoms with Crippen LogP contribution in [0.5, 0.6) is 5.75 Å². The molecule has 2 aromatic rings. The molecule has 1 fully saturated rings. The number of ether oxygens (including phenoxy) is 1. The highest BCUT2D eigenvalue weighted by molar-refractivity contribution is 6.42. The molecule has 1 atom stereocenters. The van der Waals surface area contributed by atoms with E-state index in [1.165, 1.54) is 5.56 Å². The topological polar surface area (TPSA) is 44.8 Å². The van der Waals surface area contributed by atoms with Gasteiger partial charge in [0.25, 0.3) is 5.91 Å². The molecule has 5 nitrogen and oxygen atoms in total. The van der Waals surface area contributed by atoms with Crippen LogP contribution in [0.3, 0.4) is 0 Å². The number of nitrogens with one attached hydrogen (secondary N) is 1. The second-order valence-corrected chi connectivity index (χ2v) is 9.19. The first kappa shape index (κ1) is 29.8. The van der Waals surface area contributed by atoms with E-state index in [4.69, 9.17) is 27.9 Å². The molecule has 33 heavy (non-hydrogen) atoms. The van der Waals surface area contributed by atoms with Crippen LogP contribution in [0.15, 0.2) is 42.5 Å². The van der Waals surface area contributed by atoms with Gasteiger partial charge in [-0.25, -0.2) is 0 Å². The molecule has 0 unspecified atom stereocenters. The van der Waals surface area contributed by atoms with E-state index in [0.29, 0.717) is 21.5 Å². The molecule has 0 aromatic heterocycles. The number of nitrogens with zero attached hydrogens (tertiary/aromatic N) is 2. The highest BCUT2D eigenvalue weighted by Gasteiger charge is 2.23. The summed E-state index contributed by atoms with van der Waals surface area (Å²) in [6, 6.07) is 13.1. The van der Waals surface area contributed by atoms with E-state index in [0.717, 1.165) is 45.0 Å². The number of carbonyl (C=O) groups excluding carboxylic acids is 1. The Kier molecular flexibility index (Phi) is 12.9. The Morgan fingerprint density at radius 1 is 0.970 bits per heavy atom. The van der Waals surface area contributed by atoms with Crippen molar-refractivity contribution in [2.75, 3.05) is 39.8 Å². The predicted molar refractivity (Wildman–Crippen MR) is 142 cm³/mol. The summed E-state index contributed by atoms with van der Waals surface area (Å²) in [6.45, 7) is 9.94. The van der Waals surface area contributed by atoms with Crippen molar-refractivity contribution in [2.24, 2.45) is 5.92 Å². The highest BCUT2D eigenvalue weighted by Crippen LogP contribution is 2.23. The Labute approximate surface area is 219 Å². The van der Waals surface area contributed by atoms with Crippen LogP contribution in [0.1, 0.15) is 29.8 Å². The number of hydrogen-bond donors (Lipinski definition) is 1.